The lowest BCUT2D eigenvalue weighted by atomic mass is 10.1. The maximum Gasteiger partial charge on any atom is 0.255 e. The first-order valence-electron chi connectivity index (χ1n) is 8.93. The number of carbonyl (C=O) groups excluding carboxylic acids is 2. The molecule has 1 heterocycles. The monoisotopic (exact) mass is 392 g/mol. The molecule has 6 nitrogen and oxygen atoms in total. The number of ether oxygens (including phenoxy) is 2. The Morgan fingerprint density at radius 1 is 0.897 bits per heavy atom. The predicted molar refractivity (Wildman–Crippen MR) is 105 cm³/mol. The van der Waals surface area contributed by atoms with Gasteiger partial charge < -0.3 is 20.1 Å². The number of amides is 2. The molecule has 0 bridgehead atoms. The SMILES string of the molecule is O=C(Nc1ccccc1C(=O)NCc1ccc2c(c1)OCO2)c1ccc(F)cc1. The summed E-state index contributed by atoms with van der Waals surface area (Å²) in [7, 11) is 0. The minimum atomic E-state index is -0.430. The van der Waals surface area contributed by atoms with Crippen LogP contribution in [-0.4, -0.2) is 18.6 Å². The van der Waals surface area contributed by atoms with Crippen LogP contribution in [0.1, 0.15) is 26.3 Å². The molecule has 3 aromatic rings. The van der Waals surface area contributed by atoms with Crippen molar-refractivity contribution >= 4 is 17.5 Å². The topological polar surface area (TPSA) is 76.7 Å². The highest BCUT2D eigenvalue weighted by Gasteiger charge is 2.16. The fourth-order valence-corrected chi connectivity index (χ4v) is 2.91. The molecule has 2 amide bonds. The second-order valence-electron chi connectivity index (χ2n) is 6.38. The van der Waals surface area contributed by atoms with Gasteiger partial charge in [0.25, 0.3) is 11.8 Å². The molecule has 0 unspecified atom stereocenters. The van der Waals surface area contributed by atoms with E-state index in [1.54, 1.807) is 30.3 Å². The third-order valence-electron chi connectivity index (χ3n) is 4.42. The van der Waals surface area contributed by atoms with Gasteiger partial charge in [-0.1, -0.05) is 18.2 Å². The van der Waals surface area contributed by atoms with E-state index in [-0.39, 0.29) is 19.2 Å². The molecule has 1 aliphatic heterocycles. The summed E-state index contributed by atoms with van der Waals surface area (Å²) in [6.45, 7) is 0.474. The molecule has 0 aromatic heterocycles. The van der Waals surface area contributed by atoms with E-state index in [1.807, 2.05) is 12.1 Å². The predicted octanol–water partition coefficient (Wildman–Crippen LogP) is 3.74. The van der Waals surface area contributed by atoms with Crippen molar-refractivity contribution in [2.75, 3.05) is 12.1 Å². The summed E-state index contributed by atoms with van der Waals surface area (Å²) in [6, 6.07) is 17.3. The summed E-state index contributed by atoms with van der Waals surface area (Å²) in [5.41, 5.74) is 1.84. The van der Waals surface area contributed by atoms with Crippen LogP contribution >= 0.6 is 0 Å². The number of para-hydroxylation sites is 1. The largest absolute Gasteiger partial charge is 0.454 e. The first kappa shape index (κ1) is 18.5. The smallest absolute Gasteiger partial charge is 0.255 e. The molecule has 7 heteroatoms. The molecule has 0 fully saturated rings. The van der Waals surface area contributed by atoms with Crippen molar-refractivity contribution in [3.8, 4) is 11.5 Å². The van der Waals surface area contributed by atoms with Crippen molar-refractivity contribution < 1.29 is 23.5 Å². The number of anilines is 1. The number of nitrogens with one attached hydrogen (secondary N) is 2. The average Bonchev–Trinajstić information content (AvgIpc) is 3.21. The van der Waals surface area contributed by atoms with Gasteiger partial charge in [0, 0.05) is 12.1 Å². The Labute approximate surface area is 166 Å². The highest BCUT2D eigenvalue weighted by Crippen LogP contribution is 2.32. The van der Waals surface area contributed by atoms with Crippen LogP contribution in [0.25, 0.3) is 0 Å². The number of fused-ring (bicyclic) bond motifs is 1. The fraction of sp³-hybridized carbons (Fsp3) is 0.0909. The van der Waals surface area contributed by atoms with E-state index in [0.29, 0.717) is 28.3 Å². The zero-order chi connectivity index (χ0) is 20.2. The molecule has 1 aliphatic rings. The van der Waals surface area contributed by atoms with Crippen LogP contribution in [0.5, 0.6) is 11.5 Å². The van der Waals surface area contributed by atoms with Crippen LogP contribution in [0, 0.1) is 5.82 Å². The molecule has 3 aromatic carbocycles. The minimum Gasteiger partial charge on any atom is -0.454 e. The van der Waals surface area contributed by atoms with E-state index in [4.69, 9.17) is 9.47 Å². The highest BCUT2D eigenvalue weighted by molar-refractivity contribution is 6.08. The van der Waals surface area contributed by atoms with E-state index < -0.39 is 11.7 Å². The zero-order valence-electron chi connectivity index (χ0n) is 15.3. The third-order valence-corrected chi connectivity index (χ3v) is 4.42. The lowest BCUT2D eigenvalue weighted by Gasteiger charge is -2.12. The van der Waals surface area contributed by atoms with Crippen molar-refractivity contribution in [3.05, 3.63) is 89.2 Å². The van der Waals surface area contributed by atoms with Crippen LogP contribution in [-0.2, 0) is 6.54 Å². The first-order valence-corrected chi connectivity index (χ1v) is 8.93. The van der Waals surface area contributed by atoms with Crippen molar-refractivity contribution in [2.45, 2.75) is 6.54 Å². The summed E-state index contributed by atoms with van der Waals surface area (Å²) in [4.78, 5) is 25.1. The lowest BCUT2D eigenvalue weighted by Crippen LogP contribution is -2.24. The van der Waals surface area contributed by atoms with Gasteiger partial charge in [-0.15, -0.1) is 0 Å². The molecule has 2 N–H and O–H groups in total. The Morgan fingerprint density at radius 3 is 2.48 bits per heavy atom. The molecule has 0 saturated heterocycles. The van der Waals surface area contributed by atoms with E-state index >= 15 is 0 Å². The van der Waals surface area contributed by atoms with E-state index in [9.17, 15) is 14.0 Å². The standard InChI is InChI=1S/C22H17FN2O4/c23-16-8-6-15(7-9-16)21(26)25-18-4-2-1-3-17(18)22(27)24-12-14-5-10-19-20(11-14)29-13-28-19/h1-11H,12-13H2,(H,24,27)(H,25,26). The number of hydrogen-bond acceptors (Lipinski definition) is 4. The van der Waals surface area contributed by atoms with E-state index in [1.165, 1.54) is 24.3 Å². The Hall–Kier alpha value is -3.87. The van der Waals surface area contributed by atoms with Gasteiger partial charge in [-0.2, -0.15) is 0 Å². The molecule has 146 valence electrons. The zero-order valence-corrected chi connectivity index (χ0v) is 15.3. The molecule has 0 radical (unpaired) electrons. The number of benzene rings is 3. The van der Waals surface area contributed by atoms with E-state index in [0.717, 1.165) is 5.56 Å². The summed E-state index contributed by atoms with van der Waals surface area (Å²) >= 11 is 0. The molecule has 0 saturated carbocycles. The summed E-state index contributed by atoms with van der Waals surface area (Å²) < 4.78 is 23.7. The van der Waals surface area contributed by atoms with Crippen molar-refractivity contribution in [3.63, 3.8) is 0 Å². The van der Waals surface area contributed by atoms with Crippen molar-refractivity contribution in [2.24, 2.45) is 0 Å². The highest BCUT2D eigenvalue weighted by atomic mass is 19.1. The Bertz CT molecular complexity index is 1070. The van der Waals surface area contributed by atoms with Gasteiger partial charge in [0.05, 0.1) is 11.3 Å². The fourth-order valence-electron chi connectivity index (χ4n) is 2.91. The number of carbonyl (C=O) groups is 2. The molecular weight excluding hydrogens is 375 g/mol. The summed E-state index contributed by atoms with van der Waals surface area (Å²) in [6.07, 6.45) is 0. The van der Waals surface area contributed by atoms with Gasteiger partial charge in [0.2, 0.25) is 6.79 Å². The van der Waals surface area contributed by atoms with Gasteiger partial charge in [-0.3, -0.25) is 9.59 Å². The minimum absolute atomic E-state index is 0.187. The van der Waals surface area contributed by atoms with Crippen LogP contribution in [0.3, 0.4) is 0 Å². The second kappa shape index (κ2) is 8.02. The molecule has 0 aliphatic carbocycles. The number of rotatable bonds is 5. The number of hydrogen-bond donors (Lipinski definition) is 2. The van der Waals surface area contributed by atoms with Crippen molar-refractivity contribution in [1.29, 1.82) is 0 Å². The molecule has 4 rings (SSSR count). The summed E-state index contributed by atoms with van der Waals surface area (Å²) in [5, 5.41) is 5.53. The first-order chi connectivity index (χ1) is 14.1. The molecule has 29 heavy (non-hydrogen) atoms. The normalized spacial score (nSPS) is 11.8. The quantitative estimate of drug-likeness (QED) is 0.694. The third kappa shape index (κ3) is 4.19. The molecular formula is C22H17FN2O4. The average molecular weight is 392 g/mol. The van der Waals surface area contributed by atoms with E-state index in [2.05, 4.69) is 10.6 Å². The van der Waals surface area contributed by atoms with Crippen LogP contribution in [0.15, 0.2) is 66.7 Å². The second-order valence-corrected chi connectivity index (χ2v) is 6.38. The van der Waals surface area contributed by atoms with Gasteiger partial charge >= 0.3 is 0 Å². The molecule has 0 atom stereocenters. The Morgan fingerprint density at radius 2 is 1.66 bits per heavy atom. The van der Waals surface area contributed by atoms with Crippen molar-refractivity contribution in [1.82, 2.24) is 5.32 Å². The van der Waals surface area contributed by atoms with Gasteiger partial charge in [-0.05, 0) is 54.1 Å². The van der Waals surface area contributed by atoms with Gasteiger partial charge in [0.1, 0.15) is 5.82 Å². The van der Waals surface area contributed by atoms with Crippen LogP contribution in [0.2, 0.25) is 0 Å². The molecule has 0 spiro atoms. The Kier molecular flexibility index (Phi) is 5.11. The van der Waals surface area contributed by atoms with Crippen LogP contribution in [0.4, 0.5) is 10.1 Å². The van der Waals surface area contributed by atoms with Gasteiger partial charge in [0.15, 0.2) is 11.5 Å². The maximum absolute atomic E-state index is 13.0. The van der Waals surface area contributed by atoms with Gasteiger partial charge in [-0.25, -0.2) is 4.39 Å². The number of halogens is 1. The summed E-state index contributed by atoms with van der Waals surface area (Å²) in [5.74, 6) is 0.126. The van der Waals surface area contributed by atoms with Crippen LogP contribution < -0.4 is 20.1 Å². The lowest BCUT2D eigenvalue weighted by molar-refractivity contribution is 0.0951. The maximum atomic E-state index is 13.0. The Balaban J connectivity index is 1.45.